The minimum atomic E-state index is 0.545. The van der Waals surface area contributed by atoms with Crippen LogP contribution < -0.4 is 10.2 Å². The molecule has 5 nitrogen and oxygen atoms in total. The number of H-pyrrole nitrogens is 1. The number of benzene rings is 2. The second-order valence-corrected chi connectivity index (χ2v) is 6.02. The fourth-order valence-electron chi connectivity index (χ4n) is 2.48. The van der Waals surface area contributed by atoms with Gasteiger partial charge in [0.25, 0.3) is 0 Å². The predicted octanol–water partition coefficient (Wildman–Crippen LogP) is 3.88. The van der Waals surface area contributed by atoms with E-state index in [9.17, 15) is 0 Å². The number of rotatable bonds is 6. The van der Waals surface area contributed by atoms with E-state index < -0.39 is 0 Å². The molecule has 0 fully saturated rings. The largest absolute Gasteiger partial charge is 0.489 e. The molecule has 3 aromatic rings. The van der Waals surface area contributed by atoms with E-state index in [-0.39, 0.29) is 0 Å². The highest BCUT2D eigenvalue weighted by Gasteiger charge is 2.06. The second-order valence-electron chi connectivity index (χ2n) is 5.63. The summed E-state index contributed by atoms with van der Waals surface area (Å²) < 4.78 is 8.31. The zero-order chi connectivity index (χ0) is 16.9. The van der Waals surface area contributed by atoms with Crippen LogP contribution in [-0.2, 0) is 13.2 Å². The number of aromatic nitrogens is 3. The molecule has 0 unspecified atom stereocenters. The summed E-state index contributed by atoms with van der Waals surface area (Å²) in [7, 11) is 0. The molecule has 0 aliphatic rings. The number of ether oxygens (including phenoxy) is 1. The third-order valence-corrected chi connectivity index (χ3v) is 3.99. The van der Waals surface area contributed by atoms with Crippen molar-refractivity contribution < 1.29 is 4.74 Å². The molecular formula is C18H20N4OS. The van der Waals surface area contributed by atoms with Crippen molar-refractivity contribution in [1.82, 2.24) is 14.9 Å². The van der Waals surface area contributed by atoms with Gasteiger partial charge < -0.3 is 10.2 Å². The molecule has 0 spiro atoms. The Hall–Kier alpha value is -2.60. The Morgan fingerprint density at radius 3 is 2.75 bits per heavy atom. The first-order valence-electron chi connectivity index (χ1n) is 7.77. The monoisotopic (exact) mass is 340 g/mol. The zero-order valence-corrected chi connectivity index (χ0v) is 14.6. The van der Waals surface area contributed by atoms with Crippen LogP contribution in [0.3, 0.4) is 0 Å². The molecule has 0 saturated carbocycles. The molecule has 0 amide bonds. The minimum absolute atomic E-state index is 0.545. The molecule has 1 heterocycles. The number of hydrogen-bond acceptors (Lipinski definition) is 4. The van der Waals surface area contributed by atoms with Gasteiger partial charge in [-0.2, -0.15) is 5.10 Å². The Kier molecular flexibility index (Phi) is 4.96. The molecule has 0 aliphatic carbocycles. The Bertz CT molecular complexity index is 884. The van der Waals surface area contributed by atoms with E-state index in [0.29, 0.717) is 17.9 Å². The van der Waals surface area contributed by atoms with Crippen molar-refractivity contribution >= 4 is 12.2 Å². The second kappa shape index (κ2) is 7.31. The SMILES string of the molecule is Cc1cccc(COc2ccccc2CNn2c(C)n[nH]c2=S)c1. The van der Waals surface area contributed by atoms with Gasteiger partial charge in [0.15, 0.2) is 0 Å². The smallest absolute Gasteiger partial charge is 0.214 e. The summed E-state index contributed by atoms with van der Waals surface area (Å²) in [6, 6.07) is 16.3. The standard InChI is InChI=1S/C18H20N4OS/c1-13-6-5-7-15(10-13)12-23-17-9-4-3-8-16(17)11-19-22-14(2)20-21-18(22)24/h3-10,19H,11-12H2,1-2H3,(H,21,24). The van der Waals surface area contributed by atoms with E-state index in [1.165, 1.54) is 5.56 Å². The van der Waals surface area contributed by atoms with Gasteiger partial charge in [-0.1, -0.05) is 48.0 Å². The summed E-state index contributed by atoms with van der Waals surface area (Å²) in [5, 5.41) is 6.85. The summed E-state index contributed by atoms with van der Waals surface area (Å²) in [4.78, 5) is 0. The molecule has 24 heavy (non-hydrogen) atoms. The first kappa shape index (κ1) is 16.3. The maximum Gasteiger partial charge on any atom is 0.214 e. The molecule has 0 radical (unpaired) electrons. The lowest BCUT2D eigenvalue weighted by Crippen LogP contribution is -2.16. The lowest BCUT2D eigenvalue weighted by molar-refractivity contribution is 0.303. The number of hydrogen-bond donors (Lipinski definition) is 2. The van der Waals surface area contributed by atoms with Crippen LogP contribution in [0.5, 0.6) is 5.75 Å². The Labute approximate surface area is 146 Å². The first-order valence-corrected chi connectivity index (χ1v) is 8.18. The fourth-order valence-corrected chi connectivity index (χ4v) is 2.72. The summed E-state index contributed by atoms with van der Waals surface area (Å²) in [6.45, 7) is 5.11. The minimum Gasteiger partial charge on any atom is -0.489 e. The van der Waals surface area contributed by atoms with Crippen LogP contribution in [0.1, 0.15) is 22.5 Å². The van der Waals surface area contributed by atoms with Gasteiger partial charge in [-0.25, -0.2) is 4.68 Å². The van der Waals surface area contributed by atoms with Crippen LogP contribution in [0, 0.1) is 18.6 Å². The molecule has 0 atom stereocenters. The normalized spacial score (nSPS) is 10.6. The van der Waals surface area contributed by atoms with E-state index in [1.54, 1.807) is 4.68 Å². The molecular weight excluding hydrogens is 320 g/mol. The summed E-state index contributed by atoms with van der Waals surface area (Å²) in [6.07, 6.45) is 0. The van der Waals surface area contributed by atoms with Gasteiger partial charge in [-0.05, 0) is 37.7 Å². The van der Waals surface area contributed by atoms with Crippen LogP contribution in [0.25, 0.3) is 0 Å². The van der Waals surface area contributed by atoms with Crippen LogP contribution in [0.2, 0.25) is 0 Å². The number of nitrogens with one attached hydrogen (secondary N) is 2. The van der Waals surface area contributed by atoms with Gasteiger partial charge in [0.1, 0.15) is 18.2 Å². The third-order valence-electron chi connectivity index (χ3n) is 3.72. The highest BCUT2D eigenvalue weighted by Crippen LogP contribution is 2.20. The predicted molar refractivity (Wildman–Crippen MR) is 97.2 cm³/mol. The first-order chi connectivity index (χ1) is 11.6. The van der Waals surface area contributed by atoms with Crippen molar-refractivity contribution in [1.29, 1.82) is 0 Å². The molecule has 124 valence electrons. The number of nitrogens with zero attached hydrogens (tertiary/aromatic N) is 2. The molecule has 3 rings (SSSR count). The van der Waals surface area contributed by atoms with Gasteiger partial charge >= 0.3 is 0 Å². The van der Waals surface area contributed by atoms with Gasteiger partial charge in [-0.15, -0.1) is 0 Å². The van der Waals surface area contributed by atoms with E-state index in [2.05, 4.69) is 40.7 Å². The van der Waals surface area contributed by atoms with Crippen molar-refractivity contribution in [3.05, 3.63) is 75.8 Å². The molecule has 1 aromatic heterocycles. The molecule has 0 saturated heterocycles. The lowest BCUT2D eigenvalue weighted by atomic mass is 10.1. The van der Waals surface area contributed by atoms with E-state index >= 15 is 0 Å². The number of para-hydroxylation sites is 1. The van der Waals surface area contributed by atoms with Crippen LogP contribution in [0.15, 0.2) is 48.5 Å². The van der Waals surface area contributed by atoms with Gasteiger partial charge in [0, 0.05) is 5.56 Å². The average molecular weight is 340 g/mol. The molecule has 6 heteroatoms. The van der Waals surface area contributed by atoms with Crippen molar-refractivity contribution in [2.75, 3.05) is 5.43 Å². The highest BCUT2D eigenvalue weighted by molar-refractivity contribution is 7.71. The van der Waals surface area contributed by atoms with Crippen molar-refractivity contribution in [2.24, 2.45) is 0 Å². The van der Waals surface area contributed by atoms with E-state index in [0.717, 1.165) is 22.7 Å². The Morgan fingerprint density at radius 2 is 2.00 bits per heavy atom. The van der Waals surface area contributed by atoms with E-state index in [1.807, 2.05) is 37.3 Å². The Morgan fingerprint density at radius 1 is 1.17 bits per heavy atom. The quantitative estimate of drug-likeness (QED) is 0.669. The van der Waals surface area contributed by atoms with Crippen LogP contribution in [0.4, 0.5) is 0 Å². The van der Waals surface area contributed by atoms with Crippen LogP contribution in [-0.4, -0.2) is 14.9 Å². The van der Waals surface area contributed by atoms with Crippen molar-refractivity contribution in [3.8, 4) is 5.75 Å². The number of aryl methyl sites for hydroxylation is 2. The summed E-state index contributed by atoms with van der Waals surface area (Å²) >= 11 is 5.20. The van der Waals surface area contributed by atoms with Crippen LogP contribution >= 0.6 is 12.2 Å². The molecule has 0 aliphatic heterocycles. The topological polar surface area (TPSA) is 54.9 Å². The lowest BCUT2D eigenvalue weighted by Gasteiger charge is -2.14. The Balaban J connectivity index is 1.70. The van der Waals surface area contributed by atoms with Crippen molar-refractivity contribution in [3.63, 3.8) is 0 Å². The van der Waals surface area contributed by atoms with Gasteiger partial charge in [0.2, 0.25) is 4.77 Å². The van der Waals surface area contributed by atoms with E-state index in [4.69, 9.17) is 17.0 Å². The number of aromatic amines is 1. The maximum absolute atomic E-state index is 6.01. The fraction of sp³-hybridized carbons (Fsp3) is 0.222. The summed E-state index contributed by atoms with van der Waals surface area (Å²) in [5.41, 5.74) is 6.72. The third kappa shape index (κ3) is 3.83. The van der Waals surface area contributed by atoms with Crippen molar-refractivity contribution in [2.45, 2.75) is 27.0 Å². The zero-order valence-electron chi connectivity index (χ0n) is 13.7. The van der Waals surface area contributed by atoms with Gasteiger partial charge in [0.05, 0.1) is 6.54 Å². The maximum atomic E-state index is 6.01. The summed E-state index contributed by atoms with van der Waals surface area (Å²) in [5.74, 6) is 1.65. The average Bonchev–Trinajstić information content (AvgIpc) is 2.90. The molecule has 0 bridgehead atoms. The van der Waals surface area contributed by atoms with Gasteiger partial charge in [-0.3, -0.25) is 5.10 Å². The molecule has 2 aromatic carbocycles. The highest BCUT2D eigenvalue weighted by atomic mass is 32.1. The molecule has 2 N–H and O–H groups in total.